The van der Waals surface area contributed by atoms with Crippen LogP contribution in [0.2, 0.25) is 0 Å². The van der Waals surface area contributed by atoms with Crippen molar-refractivity contribution in [1.82, 2.24) is 24.8 Å². The summed E-state index contributed by atoms with van der Waals surface area (Å²) >= 11 is 0. The van der Waals surface area contributed by atoms with Gasteiger partial charge in [-0.1, -0.05) is 12.1 Å². The molecule has 1 aliphatic heterocycles. The molecule has 2 heterocycles. The van der Waals surface area contributed by atoms with Crippen LogP contribution in [0.5, 0.6) is 0 Å². The number of amides is 1. The smallest absolute Gasteiger partial charge is 0.253 e. The van der Waals surface area contributed by atoms with Gasteiger partial charge in [0.25, 0.3) is 5.91 Å². The van der Waals surface area contributed by atoms with Gasteiger partial charge in [0.15, 0.2) is 0 Å². The summed E-state index contributed by atoms with van der Waals surface area (Å²) in [6.45, 7) is 8.23. The van der Waals surface area contributed by atoms with Crippen LogP contribution in [0.1, 0.15) is 37.0 Å². The molecule has 0 saturated carbocycles. The van der Waals surface area contributed by atoms with Gasteiger partial charge < -0.3 is 9.80 Å². The highest BCUT2D eigenvalue weighted by Gasteiger charge is 2.25. The van der Waals surface area contributed by atoms with Crippen LogP contribution in [0, 0.1) is 0 Å². The number of carbonyl (C=O) groups is 1. The van der Waals surface area contributed by atoms with Crippen LogP contribution in [-0.4, -0.2) is 63.4 Å². The molecule has 0 radical (unpaired) electrons. The van der Waals surface area contributed by atoms with Crippen molar-refractivity contribution in [3.8, 4) is 0 Å². The molecule has 2 aromatic rings. The first-order chi connectivity index (χ1) is 11.1. The largest absolute Gasteiger partial charge is 0.339 e. The second-order valence-corrected chi connectivity index (χ2v) is 6.19. The first kappa shape index (κ1) is 15.9. The van der Waals surface area contributed by atoms with Gasteiger partial charge in [-0.25, -0.2) is 4.68 Å². The van der Waals surface area contributed by atoms with Gasteiger partial charge in [-0.15, -0.1) is 5.10 Å². The van der Waals surface area contributed by atoms with Crippen LogP contribution in [0.3, 0.4) is 0 Å². The van der Waals surface area contributed by atoms with Crippen molar-refractivity contribution in [3.63, 3.8) is 0 Å². The van der Waals surface area contributed by atoms with Gasteiger partial charge in [0.2, 0.25) is 0 Å². The van der Waals surface area contributed by atoms with E-state index in [2.05, 4.69) is 22.1 Å². The van der Waals surface area contributed by atoms with Gasteiger partial charge in [0, 0.05) is 38.3 Å². The molecule has 23 heavy (non-hydrogen) atoms. The number of benzene rings is 1. The minimum absolute atomic E-state index is 0.0768. The molecule has 0 unspecified atom stereocenters. The fourth-order valence-electron chi connectivity index (χ4n) is 3.33. The molecule has 0 spiro atoms. The molecule has 0 N–H and O–H groups in total. The summed E-state index contributed by atoms with van der Waals surface area (Å²) < 4.78 is 1.84. The fourth-order valence-corrected chi connectivity index (χ4v) is 3.33. The Hall–Kier alpha value is -1.95. The molecule has 0 bridgehead atoms. The summed E-state index contributed by atoms with van der Waals surface area (Å²) in [5, 5.41) is 8.26. The molecular weight excluding hydrogens is 290 g/mol. The van der Waals surface area contributed by atoms with Gasteiger partial charge in [-0.3, -0.25) is 4.79 Å². The number of fused-ring (bicyclic) bond motifs is 1. The molecule has 1 amide bonds. The van der Waals surface area contributed by atoms with E-state index in [0.29, 0.717) is 11.6 Å². The Balaban J connectivity index is 1.74. The highest BCUT2D eigenvalue weighted by atomic mass is 16.2. The van der Waals surface area contributed by atoms with Crippen LogP contribution in [-0.2, 0) is 6.54 Å². The van der Waals surface area contributed by atoms with E-state index in [1.54, 1.807) is 0 Å². The number of nitrogens with zero attached hydrogens (tertiary/aromatic N) is 5. The van der Waals surface area contributed by atoms with E-state index in [-0.39, 0.29) is 5.91 Å². The number of aromatic nitrogens is 3. The molecule has 1 aromatic carbocycles. The van der Waals surface area contributed by atoms with E-state index < -0.39 is 0 Å². The second kappa shape index (κ2) is 6.66. The van der Waals surface area contributed by atoms with Crippen molar-refractivity contribution in [2.45, 2.75) is 39.3 Å². The molecule has 1 aliphatic rings. The number of likely N-dealkylation sites (tertiary alicyclic amines) is 1. The van der Waals surface area contributed by atoms with Crippen LogP contribution in [0.4, 0.5) is 0 Å². The van der Waals surface area contributed by atoms with Crippen molar-refractivity contribution < 1.29 is 4.79 Å². The van der Waals surface area contributed by atoms with Crippen molar-refractivity contribution in [3.05, 3.63) is 23.8 Å². The third-order valence-corrected chi connectivity index (χ3v) is 4.93. The van der Waals surface area contributed by atoms with Gasteiger partial charge in [0.05, 0.1) is 5.52 Å². The summed E-state index contributed by atoms with van der Waals surface area (Å²) in [5.74, 6) is 0.0768. The van der Waals surface area contributed by atoms with E-state index in [0.717, 1.165) is 50.1 Å². The Bertz CT molecular complexity index is 687. The summed E-state index contributed by atoms with van der Waals surface area (Å²) in [4.78, 5) is 17.1. The van der Waals surface area contributed by atoms with E-state index >= 15 is 0 Å². The van der Waals surface area contributed by atoms with Gasteiger partial charge >= 0.3 is 0 Å². The fraction of sp³-hybridized carbons (Fsp3) is 0.588. The number of carbonyl (C=O) groups excluding carboxylic acids is 1. The lowest BCUT2D eigenvalue weighted by molar-refractivity contribution is 0.0647. The summed E-state index contributed by atoms with van der Waals surface area (Å²) in [6, 6.07) is 6.01. The second-order valence-electron chi connectivity index (χ2n) is 6.19. The quantitative estimate of drug-likeness (QED) is 0.866. The number of hydrogen-bond acceptors (Lipinski definition) is 4. The monoisotopic (exact) mass is 315 g/mol. The number of rotatable bonds is 4. The lowest BCUT2D eigenvalue weighted by Crippen LogP contribution is -2.45. The minimum Gasteiger partial charge on any atom is -0.339 e. The van der Waals surface area contributed by atoms with Crippen molar-refractivity contribution in [1.29, 1.82) is 0 Å². The molecule has 124 valence electrons. The van der Waals surface area contributed by atoms with Crippen LogP contribution >= 0.6 is 0 Å². The Morgan fingerprint density at radius 2 is 2.00 bits per heavy atom. The maximum atomic E-state index is 12.8. The number of aryl methyl sites for hydroxylation is 1. The number of hydrogen-bond donors (Lipinski definition) is 0. The summed E-state index contributed by atoms with van der Waals surface area (Å²) in [6.07, 6.45) is 2.09. The topological polar surface area (TPSA) is 54.3 Å². The molecule has 6 nitrogen and oxygen atoms in total. The molecule has 1 aromatic heterocycles. The first-order valence-corrected chi connectivity index (χ1v) is 8.46. The van der Waals surface area contributed by atoms with Crippen LogP contribution < -0.4 is 0 Å². The molecule has 0 atom stereocenters. The third kappa shape index (κ3) is 3.08. The Morgan fingerprint density at radius 3 is 2.65 bits per heavy atom. The van der Waals surface area contributed by atoms with Crippen molar-refractivity contribution in [2.75, 3.05) is 26.7 Å². The van der Waals surface area contributed by atoms with E-state index in [1.807, 2.05) is 41.8 Å². The lowest BCUT2D eigenvalue weighted by Gasteiger charge is -2.36. The van der Waals surface area contributed by atoms with Gasteiger partial charge in [-0.2, -0.15) is 0 Å². The minimum atomic E-state index is 0.0768. The van der Waals surface area contributed by atoms with Crippen LogP contribution in [0.25, 0.3) is 11.0 Å². The van der Waals surface area contributed by atoms with Gasteiger partial charge in [-0.05, 0) is 44.5 Å². The van der Waals surface area contributed by atoms with Crippen molar-refractivity contribution in [2.24, 2.45) is 0 Å². The Morgan fingerprint density at radius 1 is 1.26 bits per heavy atom. The van der Waals surface area contributed by atoms with Crippen LogP contribution in [0.15, 0.2) is 18.2 Å². The average Bonchev–Trinajstić information content (AvgIpc) is 3.02. The molecule has 6 heteroatoms. The standard InChI is InChI=1S/C17H25N5O/c1-4-21-10-8-14(9-11-21)20(3)17(23)13-6-7-16-15(12-13)18-19-22(16)5-2/h6-7,12,14H,4-5,8-11H2,1-3H3. The maximum absolute atomic E-state index is 12.8. The molecule has 1 saturated heterocycles. The predicted octanol–water partition coefficient (Wildman–Crippen LogP) is 2.01. The molecular formula is C17H25N5O. The van der Waals surface area contributed by atoms with Crippen molar-refractivity contribution >= 4 is 16.9 Å². The maximum Gasteiger partial charge on any atom is 0.253 e. The lowest BCUT2D eigenvalue weighted by atomic mass is 10.0. The SMILES string of the molecule is CCN1CCC(N(C)C(=O)c2ccc3c(c2)nnn3CC)CC1. The Labute approximate surface area is 137 Å². The summed E-state index contributed by atoms with van der Waals surface area (Å²) in [5.41, 5.74) is 2.45. The zero-order valence-electron chi connectivity index (χ0n) is 14.2. The average molecular weight is 315 g/mol. The summed E-state index contributed by atoms with van der Waals surface area (Å²) in [7, 11) is 1.92. The zero-order chi connectivity index (χ0) is 16.4. The van der Waals surface area contributed by atoms with E-state index in [1.165, 1.54) is 0 Å². The zero-order valence-corrected chi connectivity index (χ0v) is 14.2. The first-order valence-electron chi connectivity index (χ1n) is 8.46. The highest BCUT2D eigenvalue weighted by Crippen LogP contribution is 2.19. The predicted molar refractivity (Wildman–Crippen MR) is 90.4 cm³/mol. The molecule has 0 aliphatic carbocycles. The molecule has 1 fully saturated rings. The van der Waals surface area contributed by atoms with E-state index in [9.17, 15) is 4.79 Å². The normalized spacial score (nSPS) is 16.8. The highest BCUT2D eigenvalue weighted by molar-refractivity contribution is 5.97. The third-order valence-electron chi connectivity index (χ3n) is 4.93. The van der Waals surface area contributed by atoms with E-state index in [4.69, 9.17) is 0 Å². The Kier molecular flexibility index (Phi) is 4.61. The van der Waals surface area contributed by atoms with Gasteiger partial charge in [0.1, 0.15) is 5.52 Å². The number of piperidine rings is 1. The molecule has 3 rings (SSSR count).